The molecule has 0 heterocycles. The van der Waals surface area contributed by atoms with E-state index in [1.54, 1.807) is 49.4 Å². The molecule has 2 atom stereocenters. The van der Waals surface area contributed by atoms with E-state index in [2.05, 4.69) is 14.8 Å². The van der Waals surface area contributed by atoms with E-state index in [1.807, 2.05) is 0 Å². The molecule has 0 aliphatic rings. The average molecular weight is 493 g/mol. The molecule has 11 heteroatoms. The number of methoxy groups -OCH3 is 2. The summed E-state index contributed by atoms with van der Waals surface area (Å²) in [4.78, 5) is 43.3. The van der Waals surface area contributed by atoms with Gasteiger partial charge in [-0.15, -0.1) is 0 Å². The van der Waals surface area contributed by atoms with Crippen molar-refractivity contribution in [2.75, 3.05) is 25.3 Å². The van der Waals surface area contributed by atoms with Crippen molar-refractivity contribution in [2.45, 2.75) is 26.7 Å². The van der Waals surface area contributed by atoms with E-state index in [0.717, 1.165) is 0 Å². The van der Waals surface area contributed by atoms with Crippen LogP contribution in [-0.4, -0.2) is 53.4 Å². The third-order valence-electron chi connectivity index (χ3n) is 4.37. The van der Waals surface area contributed by atoms with Crippen molar-refractivity contribution in [3.8, 4) is 11.5 Å². The number of nitrogens with two attached hydrogens (primary N) is 1. The zero-order valence-electron chi connectivity index (χ0n) is 20.1. The first-order valence-electron chi connectivity index (χ1n) is 10.4. The second-order valence-corrected chi connectivity index (χ2v) is 7.27. The molecule has 1 amide bonds. The molecule has 2 aromatic carbocycles. The smallest absolute Gasteiger partial charge is 0.306 e. The van der Waals surface area contributed by atoms with Crippen molar-refractivity contribution in [2.24, 2.45) is 11.8 Å². The second kappa shape index (κ2) is 16.4. The van der Waals surface area contributed by atoms with Crippen LogP contribution in [0.4, 0.5) is 11.4 Å². The summed E-state index contributed by atoms with van der Waals surface area (Å²) >= 11 is 0. The maximum atomic E-state index is 11.7. The molecule has 2 rings (SSSR count). The molecule has 0 spiro atoms. The number of aromatic hydroxyl groups is 2. The summed E-state index contributed by atoms with van der Waals surface area (Å²) in [5, 5.41) is 29.1. The number of nitrogen functional groups attached to an aromatic ring is 1. The van der Waals surface area contributed by atoms with Crippen molar-refractivity contribution in [1.82, 2.24) is 0 Å². The maximum Gasteiger partial charge on any atom is 0.306 e. The predicted molar refractivity (Wildman–Crippen MR) is 128 cm³/mol. The lowest BCUT2D eigenvalue weighted by molar-refractivity contribution is -0.149. The van der Waals surface area contributed by atoms with Crippen LogP contribution in [0.15, 0.2) is 48.5 Å². The standard InChI is InChI=1S/C12H15NO4.C6H7NO.C6H10O4/c1-8(7-11(15)17-2)12(16)13-9-5-3-4-6-10(9)14;7-5-3-1-2-4-6(5)8;1-4(6(8)9)3-5(7)10-2/h3-6,8,14H,7H2,1-2H3,(H,13,16);1-4,8H,7H2;4H,3H2,1-2H3,(H,8,9)/t8-;;/m0../s1. The first-order chi connectivity index (χ1) is 16.4. The predicted octanol–water partition coefficient (Wildman–Crippen LogP) is 2.77. The molecule has 1 unspecified atom stereocenters. The third-order valence-corrected chi connectivity index (χ3v) is 4.37. The molecular formula is C24H32N2O9. The van der Waals surface area contributed by atoms with Crippen LogP contribution >= 0.6 is 0 Å². The topological polar surface area (TPSA) is 185 Å². The number of carboxylic acid groups (broad SMARTS) is 1. The van der Waals surface area contributed by atoms with Crippen molar-refractivity contribution in [1.29, 1.82) is 0 Å². The van der Waals surface area contributed by atoms with Crippen LogP contribution in [0.2, 0.25) is 0 Å². The highest BCUT2D eigenvalue weighted by Crippen LogP contribution is 2.22. The first kappa shape index (κ1) is 30.7. The Kier molecular flexibility index (Phi) is 14.4. The minimum atomic E-state index is -0.981. The minimum Gasteiger partial charge on any atom is -0.506 e. The Morgan fingerprint density at radius 3 is 1.69 bits per heavy atom. The molecule has 0 fully saturated rings. The normalized spacial score (nSPS) is 11.2. The SMILES string of the molecule is COC(=O)CC(C)C(=O)O.COC(=O)C[C@H](C)C(=O)Nc1ccccc1O.Nc1ccccc1O. The van der Waals surface area contributed by atoms with Gasteiger partial charge in [-0.25, -0.2) is 0 Å². The molecule has 0 aliphatic heterocycles. The number of benzene rings is 2. The minimum absolute atomic E-state index is 0.00822. The van der Waals surface area contributed by atoms with E-state index in [9.17, 15) is 24.3 Å². The van der Waals surface area contributed by atoms with Crippen molar-refractivity contribution < 1.29 is 44.0 Å². The van der Waals surface area contributed by atoms with Crippen LogP contribution in [0, 0.1) is 11.8 Å². The number of nitrogens with one attached hydrogen (secondary N) is 1. The van der Waals surface area contributed by atoms with Gasteiger partial charge in [0, 0.05) is 5.92 Å². The van der Waals surface area contributed by atoms with Gasteiger partial charge in [0.15, 0.2) is 0 Å². The van der Waals surface area contributed by atoms with E-state index in [1.165, 1.54) is 27.2 Å². The van der Waals surface area contributed by atoms with Gasteiger partial charge in [0.05, 0.1) is 44.4 Å². The Bertz CT molecular complexity index is 958. The number of ether oxygens (including phenoxy) is 2. The lowest BCUT2D eigenvalue weighted by Crippen LogP contribution is -2.23. The third kappa shape index (κ3) is 13.1. The van der Waals surface area contributed by atoms with Gasteiger partial charge in [0.2, 0.25) is 5.91 Å². The van der Waals surface area contributed by atoms with Crippen LogP contribution in [0.25, 0.3) is 0 Å². The number of para-hydroxylation sites is 4. The second-order valence-electron chi connectivity index (χ2n) is 7.27. The van der Waals surface area contributed by atoms with Gasteiger partial charge < -0.3 is 35.8 Å². The van der Waals surface area contributed by atoms with Crippen LogP contribution in [0.5, 0.6) is 11.5 Å². The Balaban J connectivity index is 0.000000544. The first-order valence-corrected chi connectivity index (χ1v) is 10.4. The van der Waals surface area contributed by atoms with Gasteiger partial charge in [0.1, 0.15) is 11.5 Å². The molecule has 0 radical (unpaired) electrons. The van der Waals surface area contributed by atoms with Crippen molar-refractivity contribution in [3.63, 3.8) is 0 Å². The number of carbonyl (C=O) groups is 4. The number of esters is 2. The highest BCUT2D eigenvalue weighted by atomic mass is 16.5. The zero-order valence-corrected chi connectivity index (χ0v) is 20.1. The summed E-state index contributed by atoms with van der Waals surface area (Å²) in [6.07, 6.45) is -0.0538. The molecule has 0 saturated carbocycles. The van der Waals surface area contributed by atoms with Gasteiger partial charge in [-0.1, -0.05) is 38.1 Å². The number of hydrogen-bond acceptors (Lipinski definition) is 9. The summed E-state index contributed by atoms with van der Waals surface area (Å²) in [5.74, 6) is -3.28. The number of carboxylic acids is 1. The number of phenols is 2. The molecule has 0 bridgehead atoms. The number of rotatable bonds is 7. The molecule has 11 nitrogen and oxygen atoms in total. The molecule has 0 saturated heterocycles. The van der Waals surface area contributed by atoms with E-state index >= 15 is 0 Å². The monoisotopic (exact) mass is 492 g/mol. The maximum absolute atomic E-state index is 11.7. The zero-order chi connectivity index (χ0) is 27.0. The van der Waals surface area contributed by atoms with Gasteiger partial charge in [-0.3, -0.25) is 19.2 Å². The quantitative estimate of drug-likeness (QED) is 0.219. The molecule has 6 N–H and O–H groups in total. The fourth-order valence-electron chi connectivity index (χ4n) is 2.17. The Morgan fingerprint density at radius 1 is 0.829 bits per heavy atom. The highest BCUT2D eigenvalue weighted by Gasteiger charge is 2.18. The highest BCUT2D eigenvalue weighted by molar-refractivity contribution is 5.95. The van der Waals surface area contributed by atoms with E-state index < -0.39 is 29.7 Å². The fraction of sp³-hybridized carbons (Fsp3) is 0.333. The van der Waals surface area contributed by atoms with Gasteiger partial charge in [-0.05, 0) is 24.3 Å². The summed E-state index contributed by atoms with van der Waals surface area (Å²) in [6, 6.07) is 13.1. The summed E-state index contributed by atoms with van der Waals surface area (Å²) in [6.45, 7) is 3.07. The van der Waals surface area contributed by atoms with Crippen molar-refractivity contribution >= 4 is 35.2 Å². The number of phenolic OH excluding ortho intramolecular Hbond substituents is 2. The Morgan fingerprint density at radius 2 is 1.29 bits per heavy atom. The van der Waals surface area contributed by atoms with Gasteiger partial charge >= 0.3 is 17.9 Å². The molecule has 0 aromatic heterocycles. The number of aliphatic carboxylic acids is 1. The summed E-state index contributed by atoms with van der Waals surface area (Å²) < 4.78 is 8.75. The number of amides is 1. The average Bonchev–Trinajstić information content (AvgIpc) is 2.82. The Labute approximate surface area is 203 Å². The van der Waals surface area contributed by atoms with Crippen molar-refractivity contribution in [3.05, 3.63) is 48.5 Å². The van der Waals surface area contributed by atoms with Gasteiger partial charge in [-0.2, -0.15) is 0 Å². The van der Waals surface area contributed by atoms with E-state index in [-0.39, 0.29) is 30.2 Å². The summed E-state index contributed by atoms with van der Waals surface area (Å²) in [7, 11) is 2.51. The molecule has 0 aliphatic carbocycles. The van der Waals surface area contributed by atoms with Crippen LogP contribution in [-0.2, 0) is 28.7 Å². The number of hydrogen-bond donors (Lipinski definition) is 5. The molecule has 2 aromatic rings. The molecular weight excluding hydrogens is 460 g/mol. The Hall–Kier alpha value is -4.28. The molecule has 35 heavy (non-hydrogen) atoms. The van der Waals surface area contributed by atoms with E-state index in [4.69, 9.17) is 15.9 Å². The lowest BCUT2D eigenvalue weighted by atomic mass is 10.1. The number of anilines is 2. The van der Waals surface area contributed by atoms with Crippen LogP contribution in [0.1, 0.15) is 26.7 Å². The van der Waals surface area contributed by atoms with Gasteiger partial charge in [0.25, 0.3) is 0 Å². The van der Waals surface area contributed by atoms with Crippen LogP contribution < -0.4 is 11.1 Å². The molecule has 192 valence electrons. The van der Waals surface area contributed by atoms with E-state index in [0.29, 0.717) is 11.4 Å². The lowest BCUT2D eigenvalue weighted by Gasteiger charge is -2.11. The largest absolute Gasteiger partial charge is 0.506 e. The summed E-state index contributed by atoms with van der Waals surface area (Å²) in [5.41, 5.74) is 6.02. The van der Waals surface area contributed by atoms with Crippen LogP contribution in [0.3, 0.4) is 0 Å². The fourth-order valence-corrected chi connectivity index (χ4v) is 2.17. The number of carbonyl (C=O) groups excluding carboxylic acids is 3.